The number of hydrogen-bond acceptors (Lipinski definition) is 4. The average Bonchev–Trinajstić information content (AvgIpc) is 2.97. The molecule has 0 radical (unpaired) electrons. The van der Waals surface area contributed by atoms with Crippen LogP contribution in [-0.2, 0) is 10.3 Å². The lowest BCUT2D eigenvalue weighted by Crippen LogP contribution is -2.23. The normalized spacial score (nSPS) is 24.6. The largest absolute Gasteiger partial charge is 0.371 e. The first kappa shape index (κ1) is 12.0. The Hall–Kier alpha value is -0.450. The highest BCUT2D eigenvalue weighted by Gasteiger charge is 2.29. The summed E-state index contributed by atoms with van der Waals surface area (Å²) >= 11 is 1.72. The van der Waals surface area contributed by atoms with Gasteiger partial charge >= 0.3 is 0 Å². The third kappa shape index (κ3) is 2.14. The van der Waals surface area contributed by atoms with Crippen molar-refractivity contribution in [2.45, 2.75) is 44.8 Å². The van der Waals surface area contributed by atoms with E-state index < -0.39 is 0 Å². The number of methoxy groups -OCH3 is 1. The summed E-state index contributed by atoms with van der Waals surface area (Å²) in [5, 5.41) is 6.75. The van der Waals surface area contributed by atoms with E-state index in [9.17, 15) is 0 Å². The van der Waals surface area contributed by atoms with E-state index in [1.165, 1.54) is 18.5 Å². The number of rotatable bonds is 4. The second-order valence-electron chi connectivity index (χ2n) is 4.51. The molecule has 0 aliphatic carbocycles. The number of ether oxygens (including phenoxy) is 1. The quantitative estimate of drug-likeness (QED) is 0.878. The highest BCUT2D eigenvalue weighted by Crippen LogP contribution is 2.33. The third-order valence-corrected chi connectivity index (χ3v) is 4.62. The van der Waals surface area contributed by atoms with Crippen molar-refractivity contribution in [2.75, 3.05) is 13.7 Å². The van der Waals surface area contributed by atoms with E-state index in [4.69, 9.17) is 9.72 Å². The Morgan fingerprint density at radius 2 is 2.50 bits per heavy atom. The van der Waals surface area contributed by atoms with Gasteiger partial charge in [-0.25, -0.2) is 4.98 Å². The van der Waals surface area contributed by atoms with E-state index in [1.807, 2.05) is 0 Å². The molecule has 1 aliphatic heterocycles. The van der Waals surface area contributed by atoms with Crippen molar-refractivity contribution in [1.29, 1.82) is 0 Å². The van der Waals surface area contributed by atoms with E-state index in [0.29, 0.717) is 6.04 Å². The molecule has 0 bridgehead atoms. The third-order valence-electron chi connectivity index (χ3n) is 3.52. The smallest absolute Gasteiger partial charge is 0.125 e. The van der Waals surface area contributed by atoms with Gasteiger partial charge in [0.05, 0.1) is 11.7 Å². The van der Waals surface area contributed by atoms with Gasteiger partial charge in [0.15, 0.2) is 0 Å². The van der Waals surface area contributed by atoms with Crippen LogP contribution >= 0.6 is 11.3 Å². The lowest BCUT2D eigenvalue weighted by molar-refractivity contribution is -0.00171. The molecule has 1 saturated heterocycles. The van der Waals surface area contributed by atoms with Crippen molar-refractivity contribution < 1.29 is 4.74 Å². The van der Waals surface area contributed by atoms with Crippen LogP contribution in [-0.4, -0.2) is 18.6 Å². The maximum atomic E-state index is 5.58. The van der Waals surface area contributed by atoms with Crippen LogP contribution in [0.2, 0.25) is 0 Å². The van der Waals surface area contributed by atoms with Crippen molar-refractivity contribution in [1.82, 2.24) is 10.3 Å². The minimum absolute atomic E-state index is 0.221. The van der Waals surface area contributed by atoms with Gasteiger partial charge in [0.1, 0.15) is 10.6 Å². The Morgan fingerprint density at radius 3 is 3.06 bits per heavy atom. The van der Waals surface area contributed by atoms with E-state index in [-0.39, 0.29) is 5.60 Å². The maximum absolute atomic E-state index is 5.58. The van der Waals surface area contributed by atoms with Crippen molar-refractivity contribution >= 4 is 11.3 Å². The van der Waals surface area contributed by atoms with E-state index in [2.05, 4.69) is 24.5 Å². The van der Waals surface area contributed by atoms with Gasteiger partial charge in [-0.05, 0) is 32.7 Å². The van der Waals surface area contributed by atoms with Gasteiger partial charge in [-0.1, -0.05) is 6.92 Å². The minimum Gasteiger partial charge on any atom is -0.371 e. The zero-order chi connectivity index (χ0) is 11.6. The molecule has 2 rings (SSSR count). The van der Waals surface area contributed by atoms with Crippen molar-refractivity contribution in [3.05, 3.63) is 16.1 Å². The number of nitrogens with zero attached hydrogens (tertiary/aromatic N) is 1. The molecule has 1 fully saturated rings. The van der Waals surface area contributed by atoms with Crippen LogP contribution in [0.25, 0.3) is 0 Å². The van der Waals surface area contributed by atoms with E-state index >= 15 is 0 Å². The summed E-state index contributed by atoms with van der Waals surface area (Å²) in [7, 11) is 1.76. The molecule has 90 valence electrons. The molecule has 0 aromatic carbocycles. The molecule has 3 nitrogen and oxygen atoms in total. The summed E-state index contributed by atoms with van der Waals surface area (Å²) in [4.78, 5) is 4.74. The number of aromatic nitrogens is 1. The van der Waals surface area contributed by atoms with Gasteiger partial charge in [0.25, 0.3) is 0 Å². The van der Waals surface area contributed by atoms with Crippen LogP contribution in [0.1, 0.15) is 49.9 Å². The molecule has 1 N–H and O–H groups in total. The minimum atomic E-state index is -0.221. The SMILES string of the molecule is CCC(C)(OC)c1nc([C@@H]2CCCN2)cs1. The number of thiazole rings is 1. The van der Waals surface area contributed by atoms with E-state index in [0.717, 1.165) is 18.0 Å². The predicted molar refractivity (Wildman–Crippen MR) is 66.7 cm³/mol. The molecule has 16 heavy (non-hydrogen) atoms. The fourth-order valence-electron chi connectivity index (χ4n) is 2.01. The maximum Gasteiger partial charge on any atom is 0.125 e. The first-order valence-electron chi connectivity index (χ1n) is 5.94. The second-order valence-corrected chi connectivity index (χ2v) is 5.37. The van der Waals surface area contributed by atoms with Crippen LogP contribution in [0, 0.1) is 0 Å². The zero-order valence-electron chi connectivity index (χ0n) is 10.2. The van der Waals surface area contributed by atoms with Crippen molar-refractivity contribution in [2.24, 2.45) is 0 Å². The van der Waals surface area contributed by atoms with Crippen molar-refractivity contribution in [3.63, 3.8) is 0 Å². The van der Waals surface area contributed by atoms with Gasteiger partial charge in [0, 0.05) is 12.5 Å². The molecule has 0 amide bonds. The first-order chi connectivity index (χ1) is 7.69. The summed E-state index contributed by atoms with van der Waals surface area (Å²) < 4.78 is 5.58. The molecular formula is C12H20N2OS. The molecule has 1 unspecified atom stereocenters. The summed E-state index contributed by atoms with van der Waals surface area (Å²) in [6, 6.07) is 0.461. The monoisotopic (exact) mass is 240 g/mol. The van der Waals surface area contributed by atoms with Gasteiger partial charge in [0.2, 0.25) is 0 Å². The summed E-state index contributed by atoms with van der Waals surface area (Å²) in [5.74, 6) is 0. The molecule has 0 saturated carbocycles. The molecule has 2 atom stereocenters. The Kier molecular flexibility index (Phi) is 3.62. The molecule has 4 heteroatoms. The Bertz CT molecular complexity index is 341. The Balaban J connectivity index is 2.17. The second kappa shape index (κ2) is 4.82. The number of hydrogen-bond donors (Lipinski definition) is 1. The van der Waals surface area contributed by atoms with Crippen LogP contribution in [0.4, 0.5) is 0 Å². The standard InChI is InChI=1S/C12H20N2OS/c1-4-12(2,15-3)11-14-10(8-16-11)9-6-5-7-13-9/h8-9,13H,4-7H2,1-3H3/t9-,12?/m0/s1. The molecular weight excluding hydrogens is 220 g/mol. The summed E-state index contributed by atoms with van der Waals surface area (Å²) in [5.41, 5.74) is 0.968. The highest BCUT2D eigenvalue weighted by atomic mass is 32.1. The molecule has 2 heterocycles. The van der Waals surface area contributed by atoms with Gasteiger partial charge in [-0.2, -0.15) is 0 Å². The topological polar surface area (TPSA) is 34.1 Å². The van der Waals surface area contributed by atoms with Crippen LogP contribution in [0.15, 0.2) is 5.38 Å². The van der Waals surface area contributed by atoms with Crippen LogP contribution in [0.3, 0.4) is 0 Å². The fourth-order valence-corrected chi connectivity index (χ4v) is 3.09. The zero-order valence-corrected chi connectivity index (χ0v) is 11.1. The van der Waals surface area contributed by atoms with Crippen molar-refractivity contribution in [3.8, 4) is 0 Å². The summed E-state index contributed by atoms with van der Waals surface area (Å²) in [6.45, 7) is 5.36. The lowest BCUT2D eigenvalue weighted by Gasteiger charge is -2.23. The van der Waals surface area contributed by atoms with Crippen LogP contribution < -0.4 is 5.32 Å². The lowest BCUT2D eigenvalue weighted by atomic mass is 10.0. The molecule has 0 spiro atoms. The number of nitrogens with one attached hydrogen (secondary N) is 1. The van der Waals surface area contributed by atoms with Gasteiger partial charge < -0.3 is 10.1 Å². The average molecular weight is 240 g/mol. The predicted octanol–water partition coefficient (Wildman–Crippen LogP) is 2.84. The van der Waals surface area contributed by atoms with Gasteiger partial charge in [-0.3, -0.25) is 0 Å². The summed E-state index contributed by atoms with van der Waals surface area (Å²) in [6.07, 6.45) is 3.42. The van der Waals surface area contributed by atoms with E-state index in [1.54, 1.807) is 18.4 Å². The fraction of sp³-hybridized carbons (Fsp3) is 0.750. The Morgan fingerprint density at radius 1 is 1.69 bits per heavy atom. The van der Waals surface area contributed by atoms with Crippen LogP contribution in [0.5, 0.6) is 0 Å². The van der Waals surface area contributed by atoms with Gasteiger partial charge in [-0.15, -0.1) is 11.3 Å². The molecule has 1 aromatic rings. The molecule has 1 aromatic heterocycles. The Labute approximate surface area is 101 Å². The molecule has 1 aliphatic rings. The first-order valence-corrected chi connectivity index (χ1v) is 6.82. The highest BCUT2D eigenvalue weighted by molar-refractivity contribution is 7.09.